The van der Waals surface area contributed by atoms with Crippen LogP contribution in [0.4, 0.5) is 0 Å². The van der Waals surface area contributed by atoms with Gasteiger partial charge in [-0.2, -0.15) is 0 Å². The Labute approximate surface area is 143 Å². The molecule has 3 rings (SSSR count). The van der Waals surface area contributed by atoms with Gasteiger partial charge in [0.05, 0.1) is 13.0 Å². The maximum atomic E-state index is 12.4. The molecule has 1 aromatic carbocycles. The van der Waals surface area contributed by atoms with E-state index in [9.17, 15) is 9.59 Å². The summed E-state index contributed by atoms with van der Waals surface area (Å²) >= 11 is 0. The molecular weight excluding hydrogens is 304 g/mol. The SMILES string of the molecule is COc1cccc(CNC(=O)[C@H]2CC(=O)N(C3CCCCC3)C2)c1. The predicted molar refractivity (Wildman–Crippen MR) is 91.5 cm³/mol. The van der Waals surface area contributed by atoms with Gasteiger partial charge >= 0.3 is 0 Å². The van der Waals surface area contributed by atoms with Crippen molar-refractivity contribution in [1.82, 2.24) is 10.2 Å². The summed E-state index contributed by atoms with van der Waals surface area (Å²) < 4.78 is 5.19. The molecule has 1 saturated heterocycles. The minimum atomic E-state index is -0.218. The van der Waals surface area contributed by atoms with E-state index in [4.69, 9.17) is 4.74 Å². The van der Waals surface area contributed by atoms with Gasteiger partial charge in [0, 0.05) is 25.6 Å². The van der Waals surface area contributed by atoms with Crippen LogP contribution in [0, 0.1) is 5.92 Å². The first-order valence-electron chi connectivity index (χ1n) is 8.87. The van der Waals surface area contributed by atoms with Crippen LogP contribution in [0.2, 0.25) is 0 Å². The number of rotatable bonds is 5. The van der Waals surface area contributed by atoms with Crippen molar-refractivity contribution in [2.24, 2.45) is 5.92 Å². The molecule has 24 heavy (non-hydrogen) atoms. The first-order chi connectivity index (χ1) is 11.7. The van der Waals surface area contributed by atoms with Crippen LogP contribution < -0.4 is 10.1 Å². The van der Waals surface area contributed by atoms with Crippen molar-refractivity contribution < 1.29 is 14.3 Å². The summed E-state index contributed by atoms with van der Waals surface area (Å²) in [5, 5.41) is 2.96. The van der Waals surface area contributed by atoms with Crippen molar-refractivity contribution in [3.8, 4) is 5.75 Å². The molecule has 2 amide bonds. The van der Waals surface area contributed by atoms with Crippen molar-refractivity contribution in [2.75, 3.05) is 13.7 Å². The molecule has 1 heterocycles. The number of nitrogens with one attached hydrogen (secondary N) is 1. The summed E-state index contributed by atoms with van der Waals surface area (Å²) in [7, 11) is 1.63. The standard InChI is InChI=1S/C19H26N2O3/c1-24-17-9-5-6-14(10-17)12-20-19(23)15-11-18(22)21(13-15)16-7-3-2-4-8-16/h5-6,9-10,15-16H,2-4,7-8,11-13H2,1H3,(H,20,23)/t15-/m0/s1. The number of hydrogen-bond donors (Lipinski definition) is 1. The lowest BCUT2D eigenvalue weighted by Crippen LogP contribution is -2.39. The highest BCUT2D eigenvalue weighted by Gasteiger charge is 2.37. The molecule has 5 heteroatoms. The molecule has 130 valence electrons. The monoisotopic (exact) mass is 330 g/mol. The van der Waals surface area contributed by atoms with Crippen LogP contribution in [-0.2, 0) is 16.1 Å². The molecule has 0 aromatic heterocycles. The van der Waals surface area contributed by atoms with Gasteiger partial charge in [0.25, 0.3) is 0 Å². The predicted octanol–water partition coefficient (Wildman–Crippen LogP) is 2.49. The van der Waals surface area contributed by atoms with Crippen molar-refractivity contribution in [2.45, 2.75) is 51.1 Å². The van der Waals surface area contributed by atoms with Crippen LogP contribution in [0.15, 0.2) is 24.3 Å². The van der Waals surface area contributed by atoms with Crippen LogP contribution in [0.3, 0.4) is 0 Å². The Balaban J connectivity index is 1.52. The topological polar surface area (TPSA) is 58.6 Å². The van der Waals surface area contributed by atoms with Crippen LogP contribution in [0.5, 0.6) is 5.75 Å². The zero-order valence-electron chi connectivity index (χ0n) is 14.3. The fourth-order valence-electron chi connectivity index (χ4n) is 3.77. The Morgan fingerprint density at radius 3 is 2.83 bits per heavy atom. The molecular formula is C19H26N2O3. The van der Waals surface area contributed by atoms with Crippen molar-refractivity contribution in [3.05, 3.63) is 29.8 Å². The number of carbonyl (C=O) groups is 2. The molecule has 0 bridgehead atoms. The number of hydrogen-bond acceptors (Lipinski definition) is 3. The van der Waals surface area contributed by atoms with Crippen molar-refractivity contribution >= 4 is 11.8 Å². The van der Waals surface area contributed by atoms with Gasteiger partial charge in [0.1, 0.15) is 5.75 Å². The number of methoxy groups -OCH3 is 1. The van der Waals surface area contributed by atoms with E-state index in [2.05, 4.69) is 5.32 Å². The number of carbonyl (C=O) groups excluding carboxylic acids is 2. The molecule has 2 aliphatic rings. The van der Waals surface area contributed by atoms with Crippen LogP contribution >= 0.6 is 0 Å². The Kier molecular flexibility index (Phi) is 5.38. The number of benzene rings is 1. The molecule has 0 unspecified atom stereocenters. The third kappa shape index (κ3) is 3.89. The molecule has 0 spiro atoms. The van der Waals surface area contributed by atoms with E-state index in [0.29, 0.717) is 25.6 Å². The van der Waals surface area contributed by atoms with E-state index in [0.717, 1.165) is 24.2 Å². The Hall–Kier alpha value is -2.04. The molecule has 1 atom stereocenters. The van der Waals surface area contributed by atoms with Crippen LogP contribution in [0.25, 0.3) is 0 Å². The van der Waals surface area contributed by atoms with Crippen molar-refractivity contribution in [1.29, 1.82) is 0 Å². The first kappa shape index (κ1) is 16.8. The van der Waals surface area contributed by atoms with Crippen LogP contribution in [0.1, 0.15) is 44.1 Å². The van der Waals surface area contributed by atoms with Gasteiger partial charge in [-0.3, -0.25) is 9.59 Å². The van der Waals surface area contributed by atoms with E-state index >= 15 is 0 Å². The van der Waals surface area contributed by atoms with Crippen LogP contribution in [-0.4, -0.2) is 36.4 Å². The van der Waals surface area contributed by atoms with Crippen molar-refractivity contribution in [3.63, 3.8) is 0 Å². The highest BCUT2D eigenvalue weighted by molar-refractivity contribution is 5.89. The average Bonchev–Trinajstić information content (AvgIpc) is 3.02. The fraction of sp³-hybridized carbons (Fsp3) is 0.579. The quantitative estimate of drug-likeness (QED) is 0.902. The van der Waals surface area contributed by atoms with Gasteiger partial charge < -0.3 is 15.0 Å². The van der Waals surface area contributed by atoms with Gasteiger partial charge in [-0.05, 0) is 30.5 Å². The molecule has 1 aromatic rings. The van der Waals surface area contributed by atoms with Gasteiger partial charge in [0.15, 0.2) is 0 Å². The lowest BCUT2D eigenvalue weighted by molar-refractivity contribution is -0.130. The molecule has 1 saturated carbocycles. The number of nitrogens with zero attached hydrogens (tertiary/aromatic N) is 1. The highest BCUT2D eigenvalue weighted by Crippen LogP contribution is 2.28. The molecule has 5 nitrogen and oxygen atoms in total. The van der Waals surface area contributed by atoms with E-state index < -0.39 is 0 Å². The van der Waals surface area contributed by atoms with Gasteiger partial charge in [-0.1, -0.05) is 31.4 Å². The number of amides is 2. The Morgan fingerprint density at radius 2 is 2.08 bits per heavy atom. The second kappa shape index (κ2) is 7.69. The minimum Gasteiger partial charge on any atom is -0.497 e. The van der Waals surface area contributed by atoms with E-state index in [1.807, 2.05) is 29.2 Å². The second-order valence-electron chi connectivity index (χ2n) is 6.81. The zero-order chi connectivity index (χ0) is 16.9. The third-order valence-corrected chi connectivity index (χ3v) is 5.15. The largest absolute Gasteiger partial charge is 0.497 e. The van der Waals surface area contributed by atoms with E-state index in [-0.39, 0.29) is 17.7 Å². The van der Waals surface area contributed by atoms with E-state index in [1.54, 1.807) is 7.11 Å². The van der Waals surface area contributed by atoms with Gasteiger partial charge in [0.2, 0.25) is 11.8 Å². The molecule has 1 aliphatic heterocycles. The second-order valence-corrected chi connectivity index (χ2v) is 6.81. The Bertz CT molecular complexity index is 596. The summed E-state index contributed by atoms with van der Waals surface area (Å²) in [6.45, 7) is 1.04. The smallest absolute Gasteiger partial charge is 0.225 e. The normalized spacial score (nSPS) is 21.8. The molecule has 2 fully saturated rings. The maximum absolute atomic E-state index is 12.4. The average molecular weight is 330 g/mol. The lowest BCUT2D eigenvalue weighted by atomic mass is 9.94. The molecule has 1 aliphatic carbocycles. The summed E-state index contributed by atoms with van der Waals surface area (Å²) in [5.74, 6) is 0.680. The maximum Gasteiger partial charge on any atom is 0.225 e. The van der Waals surface area contributed by atoms with Gasteiger partial charge in [-0.15, -0.1) is 0 Å². The fourth-order valence-corrected chi connectivity index (χ4v) is 3.77. The summed E-state index contributed by atoms with van der Waals surface area (Å²) in [6, 6.07) is 8.00. The van der Waals surface area contributed by atoms with E-state index in [1.165, 1.54) is 19.3 Å². The molecule has 1 N–H and O–H groups in total. The summed E-state index contributed by atoms with van der Waals surface area (Å²) in [4.78, 5) is 26.7. The molecule has 0 radical (unpaired) electrons. The van der Waals surface area contributed by atoms with Gasteiger partial charge in [-0.25, -0.2) is 0 Å². The third-order valence-electron chi connectivity index (χ3n) is 5.15. The Morgan fingerprint density at radius 1 is 1.29 bits per heavy atom. The first-order valence-corrected chi connectivity index (χ1v) is 8.87. The highest BCUT2D eigenvalue weighted by atomic mass is 16.5. The minimum absolute atomic E-state index is 0.0236. The summed E-state index contributed by atoms with van der Waals surface area (Å²) in [5.41, 5.74) is 0.996. The summed E-state index contributed by atoms with van der Waals surface area (Å²) in [6.07, 6.45) is 6.18. The zero-order valence-corrected chi connectivity index (χ0v) is 14.3. The lowest BCUT2D eigenvalue weighted by Gasteiger charge is -2.31. The number of ether oxygens (including phenoxy) is 1. The number of likely N-dealkylation sites (tertiary alicyclic amines) is 1.